The number of hydrogen-bond acceptors (Lipinski definition) is 7. The summed E-state index contributed by atoms with van der Waals surface area (Å²) in [5.74, 6) is -0.0819. The van der Waals surface area contributed by atoms with Crippen molar-refractivity contribution in [1.29, 1.82) is 0 Å². The molecule has 1 aromatic rings. The fourth-order valence-corrected chi connectivity index (χ4v) is 5.59. The number of nitrogens with zero attached hydrogens (tertiary/aromatic N) is 3. The molecule has 1 saturated heterocycles. The summed E-state index contributed by atoms with van der Waals surface area (Å²) in [5.41, 5.74) is 6.22. The molecule has 1 amide bonds. The Labute approximate surface area is 158 Å². The van der Waals surface area contributed by atoms with Gasteiger partial charge in [-0.15, -0.1) is 10.2 Å². The number of anilines is 2. The lowest BCUT2D eigenvalue weighted by Crippen LogP contribution is -2.50. The van der Waals surface area contributed by atoms with Crippen LogP contribution in [0.15, 0.2) is 0 Å². The minimum Gasteiger partial charge on any atom is -0.375 e. The topological polar surface area (TPSA) is 93.4 Å². The summed E-state index contributed by atoms with van der Waals surface area (Å²) in [4.78, 5) is 14.8. The first kappa shape index (κ1) is 18.1. The maximum atomic E-state index is 12.2. The van der Waals surface area contributed by atoms with Crippen LogP contribution in [-0.2, 0) is 9.53 Å². The number of nitrogens with two attached hydrogens (primary N) is 1. The Morgan fingerprint density at radius 3 is 2.73 bits per heavy atom. The van der Waals surface area contributed by atoms with Gasteiger partial charge in [-0.25, -0.2) is 0 Å². The van der Waals surface area contributed by atoms with Crippen molar-refractivity contribution in [2.45, 2.75) is 69.9 Å². The molecule has 26 heavy (non-hydrogen) atoms. The molecule has 144 valence electrons. The second-order valence-electron chi connectivity index (χ2n) is 8.12. The number of rotatable bonds is 4. The molecule has 0 radical (unpaired) electrons. The van der Waals surface area contributed by atoms with E-state index in [4.69, 9.17) is 10.5 Å². The first-order valence-corrected chi connectivity index (χ1v) is 10.7. The van der Waals surface area contributed by atoms with Crippen molar-refractivity contribution in [2.75, 3.05) is 30.7 Å². The maximum absolute atomic E-state index is 12.2. The van der Waals surface area contributed by atoms with Crippen LogP contribution in [0.25, 0.3) is 0 Å². The van der Waals surface area contributed by atoms with E-state index in [1.54, 1.807) is 0 Å². The molecule has 1 atom stereocenters. The Bertz CT molecular complexity index is 621. The van der Waals surface area contributed by atoms with Gasteiger partial charge in [0.1, 0.15) is 0 Å². The van der Waals surface area contributed by atoms with Crippen molar-refractivity contribution >= 4 is 27.5 Å². The van der Waals surface area contributed by atoms with E-state index in [2.05, 4.69) is 20.4 Å². The summed E-state index contributed by atoms with van der Waals surface area (Å²) < 4.78 is 5.85. The van der Waals surface area contributed by atoms with Crippen LogP contribution >= 0.6 is 11.3 Å². The second-order valence-corrected chi connectivity index (χ2v) is 9.13. The van der Waals surface area contributed by atoms with Crippen LogP contribution in [0.5, 0.6) is 0 Å². The van der Waals surface area contributed by atoms with Crippen LogP contribution in [0, 0.1) is 5.41 Å². The highest BCUT2D eigenvalue weighted by atomic mass is 32.1. The van der Waals surface area contributed by atoms with Gasteiger partial charge in [0.15, 0.2) is 0 Å². The van der Waals surface area contributed by atoms with Gasteiger partial charge in [0.2, 0.25) is 16.2 Å². The molecule has 2 heterocycles. The summed E-state index contributed by atoms with van der Waals surface area (Å²) in [6, 6.07) is 0.665. The van der Waals surface area contributed by atoms with Crippen molar-refractivity contribution in [3.05, 3.63) is 0 Å². The van der Waals surface area contributed by atoms with Gasteiger partial charge in [0.05, 0.1) is 19.1 Å². The molecular formula is C18H29N5O2S. The Morgan fingerprint density at radius 2 is 2.04 bits per heavy atom. The van der Waals surface area contributed by atoms with E-state index in [9.17, 15) is 4.79 Å². The summed E-state index contributed by atoms with van der Waals surface area (Å²) in [6.45, 7) is 2.55. The third-order valence-corrected chi connectivity index (χ3v) is 7.13. The molecule has 1 unspecified atom stereocenters. The molecule has 2 saturated carbocycles. The number of carbonyl (C=O) groups is 1. The van der Waals surface area contributed by atoms with Crippen LogP contribution in [-0.4, -0.2) is 52.8 Å². The number of aromatic nitrogens is 2. The number of amides is 1. The summed E-state index contributed by atoms with van der Waals surface area (Å²) in [6.07, 6.45) is 11.5. The van der Waals surface area contributed by atoms with E-state index in [0.29, 0.717) is 34.7 Å². The predicted octanol–water partition coefficient (Wildman–Crippen LogP) is 2.65. The quantitative estimate of drug-likeness (QED) is 0.835. The van der Waals surface area contributed by atoms with Gasteiger partial charge in [-0.2, -0.15) is 0 Å². The fourth-order valence-electron chi connectivity index (χ4n) is 5.06. The fraction of sp³-hybridized carbons (Fsp3) is 0.833. The maximum Gasteiger partial charge on any atom is 0.228 e. The van der Waals surface area contributed by atoms with Gasteiger partial charge >= 0.3 is 0 Å². The Kier molecular flexibility index (Phi) is 5.42. The number of morpholine rings is 1. The van der Waals surface area contributed by atoms with Gasteiger partial charge < -0.3 is 15.8 Å². The third kappa shape index (κ3) is 4.18. The molecule has 4 rings (SSSR count). The Hall–Kier alpha value is -1.25. The number of ether oxygens (including phenoxy) is 1. The van der Waals surface area contributed by atoms with E-state index >= 15 is 0 Å². The van der Waals surface area contributed by atoms with Crippen LogP contribution in [0.3, 0.4) is 0 Å². The normalized spacial score (nSPS) is 27.0. The zero-order chi connectivity index (χ0) is 18.0. The van der Waals surface area contributed by atoms with E-state index in [-0.39, 0.29) is 12.0 Å². The third-order valence-electron chi connectivity index (χ3n) is 6.47. The number of nitrogens with one attached hydrogen (secondary N) is 1. The highest BCUT2D eigenvalue weighted by molar-refractivity contribution is 7.18. The zero-order valence-corrected chi connectivity index (χ0v) is 16.1. The minimum atomic E-state index is -0.0819. The molecule has 7 nitrogen and oxygen atoms in total. The molecule has 8 heteroatoms. The molecule has 0 aromatic carbocycles. The minimum absolute atomic E-state index is 0.0450. The second kappa shape index (κ2) is 7.78. The van der Waals surface area contributed by atoms with E-state index in [0.717, 1.165) is 13.1 Å². The molecule has 3 aliphatic rings. The summed E-state index contributed by atoms with van der Waals surface area (Å²) >= 11 is 1.18. The van der Waals surface area contributed by atoms with Gasteiger partial charge in [-0.3, -0.25) is 9.69 Å². The first-order chi connectivity index (χ1) is 12.6. The average Bonchev–Trinajstić information content (AvgIpc) is 3.25. The predicted molar refractivity (Wildman–Crippen MR) is 102 cm³/mol. The van der Waals surface area contributed by atoms with Crippen LogP contribution in [0.4, 0.5) is 10.3 Å². The number of nitrogen functional groups attached to an aromatic ring is 1. The lowest BCUT2D eigenvalue weighted by molar-refractivity contribution is -0.122. The van der Waals surface area contributed by atoms with E-state index in [1.165, 1.54) is 62.7 Å². The standard InChI is InChI=1S/C18H29N5O2S/c19-16-21-22-17(26-16)20-15(24)11-14-12-23(9-10-25-14)13-3-7-18(8-4-13)5-1-2-6-18/h13-14H,1-12H2,(H2,19,21)(H,20,22,24). The van der Waals surface area contributed by atoms with Gasteiger partial charge in [-0.1, -0.05) is 24.2 Å². The molecular weight excluding hydrogens is 350 g/mol. The molecule has 2 aliphatic carbocycles. The van der Waals surface area contributed by atoms with Crippen LogP contribution < -0.4 is 11.1 Å². The summed E-state index contributed by atoms with van der Waals surface area (Å²) in [5, 5.41) is 11.1. The highest BCUT2D eigenvalue weighted by Gasteiger charge is 2.39. The number of carbonyl (C=O) groups excluding carboxylic acids is 1. The van der Waals surface area contributed by atoms with E-state index in [1.807, 2.05) is 0 Å². The van der Waals surface area contributed by atoms with Crippen molar-refractivity contribution in [2.24, 2.45) is 5.41 Å². The van der Waals surface area contributed by atoms with Gasteiger partial charge in [0, 0.05) is 19.1 Å². The van der Waals surface area contributed by atoms with Gasteiger partial charge in [-0.05, 0) is 43.9 Å². The zero-order valence-electron chi connectivity index (χ0n) is 15.3. The summed E-state index contributed by atoms with van der Waals surface area (Å²) in [7, 11) is 0. The highest BCUT2D eigenvalue weighted by Crippen LogP contribution is 2.49. The molecule has 0 bridgehead atoms. The smallest absolute Gasteiger partial charge is 0.228 e. The molecule has 1 spiro atoms. The van der Waals surface area contributed by atoms with Crippen molar-refractivity contribution in [3.8, 4) is 0 Å². The van der Waals surface area contributed by atoms with Crippen molar-refractivity contribution in [1.82, 2.24) is 15.1 Å². The lowest BCUT2D eigenvalue weighted by Gasteiger charge is -2.44. The van der Waals surface area contributed by atoms with Crippen LogP contribution in [0.1, 0.15) is 57.8 Å². The molecule has 1 aliphatic heterocycles. The lowest BCUT2D eigenvalue weighted by atomic mass is 9.71. The first-order valence-electron chi connectivity index (χ1n) is 9.86. The molecule has 3 fully saturated rings. The van der Waals surface area contributed by atoms with Gasteiger partial charge in [0.25, 0.3) is 0 Å². The Balaban J connectivity index is 1.25. The molecule has 1 aromatic heterocycles. The average molecular weight is 380 g/mol. The Morgan fingerprint density at radius 1 is 1.27 bits per heavy atom. The number of hydrogen-bond donors (Lipinski definition) is 2. The monoisotopic (exact) mass is 379 g/mol. The van der Waals surface area contributed by atoms with Crippen molar-refractivity contribution < 1.29 is 9.53 Å². The van der Waals surface area contributed by atoms with Crippen molar-refractivity contribution in [3.63, 3.8) is 0 Å². The SMILES string of the molecule is Nc1nnc(NC(=O)CC2CN(C3CCC4(CCCC4)CC3)CCO2)s1. The van der Waals surface area contributed by atoms with Crippen LogP contribution in [0.2, 0.25) is 0 Å². The largest absolute Gasteiger partial charge is 0.375 e. The van der Waals surface area contributed by atoms with E-state index < -0.39 is 0 Å². The molecule has 3 N–H and O–H groups in total.